The zero-order valence-electron chi connectivity index (χ0n) is 16.7. The van der Waals surface area contributed by atoms with Gasteiger partial charge in [-0.25, -0.2) is 9.98 Å². The second kappa shape index (κ2) is 11.3. The first-order valence-electron chi connectivity index (χ1n) is 9.61. The van der Waals surface area contributed by atoms with Gasteiger partial charge in [0.2, 0.25) is 0 Å². The van der Waals surface area contributed by atoms with Gasteiger partial charge in [0.25, 0.3) is 0 Å². The molecule has 160 valence electrons. The quantitative estimate of drug-likeness (QED) is 0.354. The van der Waals surface area contributed by atoms with Crippen molar-refractivity contribution in [2.24, 2.45) is 10.9 Å². The van der Waals surface area contributed by atoms with E-state index in [0.29, 0.717) is 18.5 Å². The maximum atomic E-state index is 12.4. The Labute approximate surface area is 187 Å². The molecule has 2 heterocycles. The Kier molecular flexibility index (Phi) is 9.12. The molecule has 1 fully saturated rings. The monoisotopic (exact) mass is 519 g/mol. The van der Waals surface area contributed by atoms with Gasteiger partial charge in [0.15, 0.2) is 5.96 Å². The number of hydrogen-bond acceptors (Lipinski definition) is 3. The van der Waals surface area contributed by atoms with Gasteiger partial charge in [-0.2, -0.15) is 8.78 Å². The zero-order valence-corrected chi connectivity index (χ0v) is 19.0. The van der Waals surface area contributed by atoms with Crippen LogP contribution in [-0.4, -0.2) is 46.7 Å². The minimum absolute atomic E-state index is 0. The molecule has 1 saturated heterocycles. The lowest BCUT2D eigenvalue weighted by atomic mass is 9.93. The Hall–Kier alpha value is -1.91. The lowest BCUT2D eigenvalue weighted by Gasteiger charge is -2.39. The van der Waals surface area contributed by atoms with Crippen molar-refractivity contribution in [3.05, 3.63) is 48.5 Å². The summed E-state index contributed by atoms with van der Waals surface area (Å²) >= 11 is 0. The highest BCUT2D eigenvalue weighted by atomic mass is 127. The number of halogens is 3. The fourth-order valence-corrected chi connectivity index (χ4v) is 3.51. The number of alkyl halides is 2. The van der Waals surface area contributed by atoms with Crippen LogP contribution in [0.3, 0.4) is 0 Å². The highest BCUT2D eigenvalue weighted by molar-refractivity contribution is 14.0. The van der Waals surface area contributed by atoms with Crippen LogP contribution in [0.25, 0.3) is 0 Å². The summed E-state index contributed by atoms with van der Waals surface area (Å²) in [7, 11) is 0. The second-order valence-electron chi connectivity index (χ2n) is 6.99. The molecule has 0 saturated carbocycles. The predicted octanol–water partition coefficient (Wildman–Crippen LogP) is 4.15. The molecule has 2 unspecified atom stereocenters. The van der Waals surface area contributed by atoms with Gasteiger partial charge in [0.05, 0.1) is 18.9 Å². The van der Waals surface area contributed by atoms with E-state index < -0.39 is 6.61 Å². The van der Waals surface area contributed by atoms with Crippen LogP contribution in [0.1, 0.15) is 31.9 Å². The van der Waals surface area contributed by atoms with Crippen LogP contribution in [0.15, 0.2) is 48.0 Å². The first kappa shape index (κ1) is 23.4. The first-order valence-corrected chi connectivity index (χ1v) is 9.61. The third kappa shape index (κ3) is 6.55. The zero-order chi connectivity index (χ0) is 19.9. The summed E-state index contributed by atoms with van der Waals surface area (Å²) in [6.07, 6.45) is 6.73. The van der Waals surface area contributed by atoms with Crippen LogP contribution in [0.5, 0.6) is 5.75 Å². The Bertz CT molecular complexity index is 772. The van der Waals surface area contributed by atoms with Gasteiger partial charge in [-0.05, 0) is 37.0 Å². The first-order chi connectivity index (χ1) is 13.6. The van der Waals surface area contributed by atoms with E-state index in [9.17, 15) is 8.78 Å². The highest BCUT2D eigenvalue weighted by Crippen LogP contribution is 2.27. The molecule has 1 aromatic heterocycles. The van der Waals surface area contributed by atoms with Gasteiger partial charge in [-0.1, -0.05) is 19.1 Å². The maximum Gasteiger partial charge on any atom is 0.387 e. The molecular weight excluding hydrogens is 491 g/mol. The van der Waals surface area contributed by atoms with Crippen LogP contribution in [0, 0.1) is 5.92 Å². The van der Waals surface area contributed by atoms with E-state index >= 15 is 0 Å². The third-order valence-electron chi connectivity index (χ3n) is 5.00. The van der Waals surface area contributed by atoms with Crippen LogP contribution < -0.4 is 10.1 Å². The van der Waals surface area contributed by atoms with Gasteiger partial charge in [0.1, 0.15) is 5.75 Å². The summed E-state index contributed by atoms with van der Waals surface area (Å²) in [5.74, 6) is 1.54. The molecule has 0 bridgehead atoms. The van der Waals surface area contributed by atoms with Crippen LogP contribution in [0.2, 0.25) is 0 Å². The summed E-state index contributed by atoms with van der Waals surface area (Å²) in [5.41, 5.74) is 0.824. The van der Waals surface area contributed by atoms with Crippen molar-refractivity contribution in [3.63, 3.8) is 0 Å². The van der Waals surface area contributed by atoms with Crippen LogP contribution >= 0.6 is 24.0 Å². The average Bonchev–Trinajstić information content (AvgIpc) is 3.20. The number of guanidine groups is 1. The van der Waals surface area contributed by atoms with E-state index in [1.165, 1.54) is 6.07 Å². The number of aromatic nitrogens is 2. The molecule has 2 atom stereocenters. The minimum atomic E-state index is -2.83. The number of nitrogens with one attached hydrogen (secondary N) is 1. The van der Waals surface area contributed by atoms with Gasteiger partial charge in [-0.3, -0.25) is 0 Å². The fourth-order valence-electron chi connectivity index (χ4n) is 3.51. The average molecular weight is 519 g/mol. The molecule has 2 aromatic rings. The largest absolute Gasteiger partial charge is 0.435 e. The van der Waals surface area contributed by atoms with Crippen molar-refractivity contribution >= 4 is 29.9 Å². The van der Waals surface area contributed by atoms with E-state index in [4.69, 9.17) is 4.99 Å². The van der Waals surface area contributed by atoms with Crippen molar-refractivity contribution < 1.29 is 13.5 Å². The number of piperidine rings is 1. The van der Waals surface area contributed by atoms with Crippen molar-refractivity contribution in [1.82, 2.24) is 19.8 Å². The maximum absolute atomic E-state index is 12.4. The molecule has 1 aliphatic heterocycles. The number of hydrogen-bond donors (Lipinski definition) is 1. The molecule has 1 aromatic carbocycles. The minimum Gasteiger partial charge on any atom is -0.435 e. The fraction of sp³-hybridized carbons (Fsp3) is 0.500. The standard InChI is InChI=1S/C20H27F2N5O.HI/c1-3-24-20(25-12-16-5-4-6-17(11-16)28-19(21)22)26-9-7-15(2)18(13-26)27-10-8-23-14-27;/h4-6,8,10-11,14-15,18-19H,3,7,9,12-13H2,1-2H3,(H,24,25);1H. The topological polar surface area (TPSA) is 54.7 Å². The van der Waals surface area contributed by atoms with Gasteiger partial charge in [-0.15, -0.1) is 24.0 Å². The second-order valence-corrected chi connectivity index (χ2v) is 6.99. The SMILES string of the molecule is CCNC(=NCc1cccc(OC(F)F)c1)N1CCC(C)C(n2ccnc2)C1.I. The lowest BCUT2D eigenvalue weighted by Crippen LogP contribution is -2.49. The van der Waals surface area contributed by atoms with Crippen molar-refractivity contribution in [2.75, 3.05) is 19.6 Å². The number of likely N-dealkylation sites (tertiary alicyclic amines) is 1. The Morgan fingerprint density at radius 3 is 2.93 bits per heavy atom. The molecule has 6 nitrogen and oxygen atoms in total. The molecule has 0 radical (unpaired) electrons. The van der Waals surface area contributed by atoms with Gasteiger partial charge in [0, 0.05) is 32.0 Å². The van der Waals surface area contributed by atoms with Gasteiger partial charge < -0.3 is 19.5 Å². The van der Waals surface area contributed by atoms with Gasteiger partial charge >= 0.3 is 6.61 Å². The summed E-state index contributed by atoms with van der Waals surface area (Å²) in [4.78, 5) is 11.2. The van der Waals surface area contributed by atoms with Crippen molar-refractivity contribution in [3.8, 4) is 5.75 Å². The van der Waals surface area contributed by atoms with Crippen molar-refractivity contribution in [1.29, 1.82) is 0 Å². The molecule has 3 rings (SSSR count). The Morgan fingerprint density at radius 1 is 1.41 bits per heavy atom. The van der Waals surface area contributed by atoms with Crippen molar-refractivity contribution in [2.45, 2.75) is 39.5 Å². The number of rotatable bonds is 6. The van der Waals surface area contributed by atoms with E-state index in [2.05, 4.69) is 31.4 Å². The molecule has 0 amide bonds. The number of nitrogens with zero attached hydrogens (tertiary/aromatic N) is 4. The smallest absolute Gasteiger partial charge is 0.387 e. The molecule has 29 heavy (non-hydrogen) atoms. The molecule has 9 heteroatoms. The number of imidazole rings is 1. The summed E-state index contributed by atoms with van der Waals surface area (Å²) in [5, 5.41) is 3.35. The lowest BCUT2D eigenvalue weighted by molar-refractivity contribution is -0.0498. The number of benzene rings is 1. The number of ether oxygens (including phenoxy) is 1. The predicted molar refractivity (Wildman–Crippen MR) is 120 cm³/mol. The Balaban J connectivity index is 0.00000300. The molecule has 1 aliphatic rings. The van der Waals surface area contributed by atoms with E-state index in [1.807, 2.05) is 25.5 Å². The Morgan fingerprint density at radius 2 is 2.24 bits per heavy atom. The van der Waals surface area contributed by atoms with E-state index in [-0.39, 0.29) is 29.7 Å². The molecule has 0 aliphatic carbocycles. The molecular formula is C20H28F2IN5O. The number of aliphatic imine (C=N–C) groups is 1. The van der Waals surface area contributed by atoms with E-state index in [0.717, 1.165) is 37.6 Å². The summed E-state index contributed by atoms with van der Waals surface area (Å²) in [6, 6.07) is 7.02. The summed E-state index contributed by atoms with van der Waals surface area (Å²) in [6.45, 7) is 4.39. The van der Waals surface area contributed by atoms with Crippen LogP contribution in [-0.2, 0) is 6.54 Å². The van der Waals surface area contributed by atoms with Crippen LogP contribution in [0.4, 0.5) is 8.78 Å². The molecule has 0 spiro atoms. The molecule has 1 N–H and O–H groups in total. The highest BCUT2D eigenvalue weighted by Gasteiger charge is 2.28. The normalized spacial score (nSPS) is 19.8. The third-order valence-corrected chi connectivity index (χ3v) is 5.00. The van der Waals surface area contributed by atoms with E-state index in [1.54, 1.807) is 18.3 Å². The summed E-state index contributed by atoms with van der Waals surface area (Å²) < 4.78 is 31.5.